The van der Waals surface area contributed by atoms with E-state index in [2.05, 4.69) is 6.92 Å². The molecule has 19 heavy (non-hydrogen) atoms. The van der Waals surface area contributed by atoms with Gasteiger partial charge in [-0.3, -0.25) is 4.79 Å². The first kappa shape index (κ1) is 13.9. The fraction of sp³-hybridized carbons (Fsp3) is 0.643. The maximum absolute atomic E-state index is 12.6. The molecule has 1 saturated heterocycles. The molecule has 0 aromatic carbocycles. The molecule has 0 bridgehead atoms. The van der Waals surface area contributed by atoms with Gasteiger partial charge in [-0.05, 0) is 26.3 Å². The summed E-state index contributed by atoms with van der Waals surface area (Å²) in [6, 6.07) is 1.77. The van der Waals surface area contributed by atoms with Crippen molar-refractivity contribution in [1.82, 2.24) is 9.47 Å². The zero-order valence-electron chi connectivity index (χ0n) is 11.9. The minimum atomic E-state index is 0.0483. The molecule has 2 rings (SSSR count). The zero-order chi connectivity index (χ0) is 14.0. The molecule has 1 aliphatic rings. The Bertz CT molecular complexity index is 446. The normalized spacial score (nSPS) is 23.6. The Balaban J connectivity index is 2.18. The molecule has 5 heteroatoms. The molecule has 1 aromatic rings. The van der Waals surface area contributed by atoms with Crippen LogP contribution in [0.1, 0.15) is 37.7 Å². The van der Waals surface area contributed by atoms with Crippen molar-refractivity contribution in [3.05, 3.63) is 18.0 Å². The van der Waals surface area contributed by atoms with Crippen LogP contribution in [0.3, 0.4) is 0 Å². The van der Waals surface area contributed by atoms with E-state index in [-0.39, 0.29) is 18.1 Å². The van der Waals surface area contributed by atoms with E-state index in [9.17, 15) is 4.79 Å². The number of carbonyl (C=O) groups excluding carboxylic acids is 1. The van der Waals surface area contributed by atoms with Crippen LogP contribution in [0.2, 0.25) is 0 Å². The number of ether oxygens (including phenoxy) is 1. The van der Waals surface area contributed by atoms with Gasteiger partial charge in [-0.2, -0.15) is 0 Å². The van der Waals surface area contributed by atoms with Gasteiger partial charge in [0.05, 0.1) is 17.9 Å². The van der Waals surface area contributed by atoms with Gasteiger partial charge in [0.2, 0.25) is 0 Å². The number of aromatic nitrogens is 1. The lowest BCUT2D eigenvalue weighted by molar-refractivity contribution is -0.0588. The fourth-order valence-corrected chi connectivity index (χ4v) is 2.64. The van der Waals surface area contributed by atoms with E-state index in [1.807, 2.05) is 29.5 Å². The number of nitrogens with two attached hydrogens (primary N) is 1. The van der Waals surface area contributed by atoms with Crippen LogP contribution in [0.5, 0.6) is 0 Å². The van der Waals surface area contributed by atoms with Crippen molar-refractivity contribution < 1.29 is 9.53 Å². The van der Waals surface area contributed by atoms with Gasteiger partial charge < -0.3 is 19.9 Å². The van der Waals surface area contributed by atoms with Gasteiger partial charge in [-0.1, -0.05) is 6.92 Å². The van der Waals surface area contributed by atoms with Crippen molar-refractivity contribution in [2.75, 3.05) is 18.8 Å². The van der Waals surface area contributed by atoms with Gasteiger partial charge in [-0.15, -0.1) is 0 Å². The van der Waals surface area contributed by atoms with Crippen LogP contribution in [0.25, 0.3) is 0 Å². The van der Waals surface area contributed by atoms with E-state index in [0.29, 0.717) is 24.5 Å². The quantitative estimate of drug-likeness (QED) is 0.905. The number of morpholine rings is 1. The number of carbonyl (C=O) groups is 1. The number of amides is 1. The van der Waals surface area contributed by atoms with Gasteiger partial charge in [-0.25, -0.2) is 0 Å². The van der Waals surface area contributed by atoms with E-state index in [1.54, 1.807) is 6.07 Å². The second-order valence-electron chi connectivity index (χ2n) is 5.32. The molecule has 0 aliphatic carbocycles. The molecule has 1 fully saturated rings. The molecule has 1 amide bonds. The molecule has 0 spiro atoms. The molecule has 0 radical (unpaired) electrons. The smallest absolute Gasteiger partial charge is 0.270 e. The molecule has 1 aliphatic heterocycles. The summed E-state index contributed by atoms with van der Waals surface area (Å²) in [5.41, 5.74) is 7.14. The van der Waals surface area contributed by atoms with Crippen LogP contribution in [0.15, 0.2) is 12.3 Å². The van der Waals surface area contributed by atoms with Gasteiger partial charge in [0.1, 0.15) is 5.69 Å². The van der Waals surface area contributed by atoms with Crippen molar-refractivity contribution in [3.8, 4) is 0 Å². The summed E-state index contributed by atoms with van der Waals surface area (Å²) in [7, 11) is 0. The first-order valence-electron chi connectivity index (χ1n) is 6.91. The van der Waals surface area contributed by atoms with Crippen LogP contribution in [-0.4, -0.2) is 40.7 Å². The molecular formula is C14H23N3O2. The molecular weight excluding hydrogens is 242 g/mol. The van der Waals surface area contributed by atoms with E-state index >= 15 is 0 Å². The van der Waals surface area contributed by atoms with E-state index in [1.165, 1.54) is 0 Å². The van der Waals surface area contributed by atoms with E-state index in [4.69, 9.17) is 10.5 Å². The predicted octanol–water partition coefficient (Wildman–Crippen LogP) is 1.73. The van der Waals surface area contributed by atoms with Crippen molar-refractivity contribution in [1.29, 1.82) is 0 Å². The first-order chi connectivity index (χ1) is 9.01. The van der Waals surface area contributed by atoms with Gasteiger partial charge in [0.25, 0.3) is 5.91 Å². The summed E-state index contributed by atoms with van der Waals surface area (Å²) < 4.78 is 7.61. The number of nitrogen functional groups attached to an aromatic ring is 1. The summed E-state index contributed by atoms with van der Waals surface area (Å²) in [6.07, 6.45) is 2.98. The second-order valence-corrected chi connectivity index (χ2v) is 5.32. The number of hydrogen-bond donors (Lipinski definition) is 1. The summed E-state index contributed by atoms with van der Waals surface area (Å²) >= 11 is 0. The van der Waals surface area contributed by atoms with Crippen LogP contribution in [0, 0.1) is 0 Å². The third-order valence-corrected chi connectivity index (χ3v) is 3.31. The Labute approximate surface area is 114 Å². The van der Waals surface area contributed by atoms with Crippen molar-refractivity contribution in [2.45, 2.75) is 45.9 Å². The SMILES string of the molecule is CCCn1cc(N)cc1C(=O)N1CC(C)OC(C)C1. The molecule has 106 valence electrons. The monoisotopic (exact) mass is 265 g/mol. The topological polar surface area (TPSA) is 60.5 Å². The Morgan fingerprint density at radius 3 is 2.63 bits per heavy atom. The lowest BCUT2D eigenvalue weighted by Gasteiger charge is -2.35. The molecule has 1 aromatic heterocycles. The Kier molecular flexibility index (Phi) is 4.14. The summed E-state index contributed by atoms with van der Waals surface area (Å²) in [6.45, 7) is 8.17. The summed E-state index contributed by atoms with van der Waals surface area (Å²) in [5.74, 6) is 0.0483. The lowest BCUT2D eigenvalue weighted by atomic mass is 10.2. The highest BCUT2D eigenvalue weighted by Gasteiger charge is 2.28. The van der Waals surface area contributed by atoms with Gasteiger partial charge in [0, 0.05) is 25.8 Å². The zero-order valence-corrected chi connectivity index (χ0v) is 11.9. The molecule has 2 unspecified atom stereocenters. The van der Waals surface area contributed by atoms with Crippen LogP contribution >= 0.6 is 0 Å². The van der Waals surface area contributed by atoms with Crippen molar-refractivity contribution >= 4 is 11.6 Å². The number of nitrogens with zero attached hydrogens (tertiary/aromatic N) is 2. The Hall–Kier alpha value is -1.49. The van der Waals surface area contributed by atoms with Crippen LogP contribution in [0.4, 0.5) is 5.69 Å². The molecule has 2 atom stereocenters. The number of anilines is 1. The average Bonchev–Trinajstić information content (AvgIpc) is 2.68. The number of rotatable bonds is 3. The molecule has 0 saturated carbocycles. The number of aryl methyl sites for hydroxylation is 1. The first-order valence-corrected chi connectivity index (χ1v) is 6.91. The highest BCUT2D eigenvalue weighted by Crippen LogP contribution is 2.17. The number of hydrogen-bond acceptors (Lipinski definition) is 3. The van der Waals surface area contributed by atoms with E-state index in [0.717, 1.165) is 13.0 Å². The highest BCUT2D eigenvalue weighted by molar-refractivity contribution is 5.94. The van der Waals surface area contributed by atoms with Gasteiger partial charge >= 0.3 is 0 Å². The standard InChI is InChI=1S/C14H23N3O2/c1-4-5-16-9-12(15)6-13(16)14(18)17-7-10(2)19-11(3)8-17/h6,9-11H,4-5,7-8,15H2,1-3H3. The third-order valence-electron chi connectivity index (χ3n) is 3.31. The maximum atomic E-state index is 12.6. The lowest BCUT2D eigenvalue weighted by Crippen LogP contribution is -2.48. The molecule has 5 nitrogen and oxygen atoms in total. The minimum absolute atomic E-state index is 0.0483. The largest absolute Gasteiger partial charge is 0.397 e. The highest BCUT2D eigenvalue weighted by atomic mass is 16.5. The Morgan fingerprint density at radius 2 is 2.05 bits per heavy atom. The summed E-state index contributed by atoms with van der Waals surface area (Å²) in [5, 5.41) is 0. The second kappa shape index (κ2) is 5.65. The van der Waals surface area contributed by atoms with E-state index < -0.39 is 0 Å². The average molecular weight is 265 g/mol. The van der Waals surface area contributed by atoms with Crippen molar-refractivity contribution in [3.63, 3.8) is 0 Å². The maximum Gasteiger partial charge on any atom is 0.270 e. The summed E-state index contributed by atoms with van der Waals surface area (Å²) in [4.78, 5) is 14.5. The van der Waals surface area contributed by atoms with Crippen LogP contribution in [-0.2, 0) is 11.3 Å². The minimum Gasteiger partial charge on any atom is -0.397 e. The van der Waals surface area contributed by atoms with Gasteiger partial charge in [0.15, 0.2) is 0 Å². The molecule has 2 N–H and O–H groups in total. The third kappa shape index (κ3) is 3.10. The fourth-order valence-electron chi connectivity index (χ4n) is 2.64. The molecule has 2 heterocycles. The predicted molar refractivity (Wildman–Crippen MR) is 75.0 cm³/mol. The van der Waals surface area contributed by atoms with Crippen molar-refractivity contribution in [2.24, 2.45) is 0 Å². The Morgan fingerprint density at radius 1 is 1.42 bits per heavy atom. The van der Waals surface area contributed by atoms with Crippen LogP contribution < -0.4 is 5.73 Å².